The molecule has 0 saturated carbocycles. The average molecular weight is 358 g/mol. The number of carbonyl (C=O) groups is 2. The van der Waals surface area contributed by atoms with Gasteiger partial charge in [-0.05, 0) is 54.7 Å². The minimum absolute atomic E-state index is 0.0413. The first-order valence-corrected chi connectivity index (χ1v) is 8.76. The molecule has 1 amide bonds. The van der Waals surface area contributed by atoms with Gasteiger partial charge in [-0.1, -0.05) is 24.3 Å². The smallest absolute Gasteiger partial charge is 0.320 e. The Balaban J connectivity index is 1.87. The number of carbonyl (C=O) groups excluding carboxylic acids is 1. The SMILES string of the molecule is COc1ccc2cc(C(C)C(=O)NCCCCC(N)C(=O)O)ccc2c1. The van der Waals surface area contributed by atoms with Gasteiger partial charge in [0.2, 0.25) is 5.91 Å². The highest BCUT2D eigenvalue weighted by atomic mass is 16.5. The molecule has 2 aromatic carbocycles. The van der Waals surface area contributed by atoms with Gasteiger partial charge >= 0.3 is 5.97 Å². The van der Waals surface area contributed by atoms with Crippen LogP contribution in [0.2, 0.25) is 0 Å². The number of hydrogen-bond acceptors (Lipinski definition) is 4. The van der Waals surface area contributed by atoms with Gasteiger partial charge in [-0.25, -0.2) is 0 Å². The molecule has 2 rings (SSSR count). The standard InChI is InChI=1S/C20H26N2O4/c1-13(19(23)22-10-4-3-5-18(21)20(24)25)14-6-7-16-12-17(26-2)9-8-15(16)11-14/h6-9,11-13,18H,3-5,10,21H2,1-2H3,(H,22,23)(H,24,25). The Labute approximate surface area is 153 Å². The molecule has 0 aromatic heterocycles. The number of carboxylic acids is 1. The van der Waals surface area contributed by atoms with Crippen molar-refractivity contribution in [3.8, 4) is 5.75 Å². The summed E-state index contributed by atoms with van der Waals surface area (Å²) in [5.74, 6) is -0.488. The fourth-order valence-corrected chi connectivity index (χ4v) is 2.77. The third-order valence-corrected chi connectivity index (χ3v) is 4.52. The van der Waals surface area contributed by atoms with Crippen LogP contribution in [0.3, 0.4) is 0 Å². The number of carboxylic acid groups (broad SMARTS) is 1. The molecule has 0 radical (unpaired) electrons. The fraction of sp³-hybridized carbons (Fsp3) is 0.400. The molecule has 140 valence electrons. The van der Waals surface area contributed by atoms with Gasteiger partial charge in [0.05, 0.1) is 13.0 Å². The van der Waals surface area contributed by atoms with Gasteiger partial charge in [0, 0.05) is 6.54 Å². The highest BCUT2D eigenvalue weighted by Gasteiger charge is 2.15. The summed E-state index contributed by atoms with van der Waals surface area (Å²) < 4.78 is 5.23. The van der Waals surface area contributed by atoms with Gasteiger partial charge in [0.15, 0.2) is 0 Å². The van der Waals surface area contributed by atoms with Crippen LogP contribution in [0.1, 0.15) is 37.7 Å². The van der Waals surface area contributed by atoms with Crippen molar-refractivity contribution in [2.24, 2.45) is 5.73 Å². The van der Waals surface area contributed by atoms with E-state index in [9.17, 15) is 9.59 Å². The van der Waals surface area contributed by atoms with E-state index in [1.54, 1.807) is 7.11 Å². The molecular weight excluding hydrogens is 332 g/mol. The van der Waals surface area contributed by atoms with Crippen molar-refractivity contribution >= 4 is 22.6 Å². The zero-order chi connectivity index (χ0) is 19.1. The van der Waals surface area contributed by atoms with Gasteiger partial charge in [-0.3, -0.25) is 9.59 Å². The Morgan fingerprint density at radius 1 is 1.15 bits per heavy atom. The summed E-state index contributed by atoms with van der Waals surface area (Å²) in [4.78, 5) is 23.0. The van der Waals surface area contributed by atoms with Crippen molar-refractivity contribution in [2.75, 3.05) is 13.7 Å². The lowest BCUT2D eigenvalue weighted by Gasteiger charge is -2.14. The molecule has 2 atom stereocenters. The molecule has 0 spiro atoms. The molecule has 0 heterocycles. The lowest BCUT2D eigenvalue weighted by Crippen LogP contribution is -2.31. The molecule has 6 heteroatoms. The number of rotatable bonds is 9. The van der Waals surface area contributed by atoms with Gasteiger partial charge in [-0.2, -0.15) is 0 Å². The molecule has 26 heavy (non-hydrogen) atoms. The molecule has 6 nitrogen and oxygen atoms in total. The molecule has 0 bridgehead atoms. The van der Waals surface area contributed by atoms with Crippen molar-refractivity contribution in [3.05, 3.63) is 42.0 Å². The molecule has 2 unspecified atom stereocenters. The number of benzene rings is 2. The summed E-state index contributed by atoms with van der Waals surface area (Å²) in [5.41, 5.74) is 6.40. The van der Waals surface area contributed by atoms with Crippen LogP contribution in [0.4, 0.5) is 0 Å². The molecule has 0 fully saturated rings. The zero-order valence-electron chi connectivity index (χ0n) is 15.2. The summed E-state index contributed by atoms with van der Waals surface area (Å²) in [7, 11) is 1.64. The van der Waals surface area contributed by atoms with E-state index in [1.165, 1.54) is 0 Å². The van der Waals surface area contributed by atoms with Gasteiger partial charge in [0.25, 0.3) is 0 Å². The lowest BCUT2D eigenvalue weighted by molar-refractivity contribution is -0.138. The van der Waals surface area contributed by atoms with E-state index in [0.717, 1.165) is 22.1 Å². The Morgan fingerprint density at radius 3 is 2.54 bits per heavy atom. The summed E-state index contributed by atoms with van der Waals surface area (Å²) >= 11 is 0. The lowest BCUT2D eigenvalue weighted by atomic mass is 9.97. The maximum absolute atomic E-state index is 12.3. The monoisotopic (exact) mass is 358 g/mol. The van der Waals surface area contributed by atoms with Gasteiger partial charge in [0.1, 0.15) is 11.8 Å². The predicted octanol–water partition coefficient (Wildman–Crippen LogP) is 2.65. The van der Waals surface area contributed by atoms with Crippen LogP contribution in [0.25, 0.3) is 10.8 Å². The third kappa shape index (κ3) is 5.20. The first-order chi connectivity index (χ1) is 12.4. The zero-order valence-corrected chi connectivity index (χ0v) is 15.2. The number of methoxy groups -OCH3 is 1. The molecule has 0 aliphatic heterocycles. The average Bonchev–Trinajstić information content (AvgIpc) is 2.65. The van der Waals surface area contributed by atoms with E-state index in [-0.39, 0.29) is 11.8 Å². The second-order valence-corrected chi connectivity index (χ2v) is 6.43. The van der Waals surface area contributed by atoms with Crippen LogP contribution < -0.4 is 15.8 Å². The Morgan fingerprint density at radius 2 is 1.85 bits per heavy atom. The number of aliphatic carboxylic acids is 1. The quantitative estimate of drug-likeness (QED) is 0.598. The van der Waals surface area contributed by atoms with Gasteiger partial charge in [-0.15, -0.1) is 0 Å². The van der Waals surface area contributed by atoms with Crippen molar-refractivity contribution in [3.63, 3.8) is 0 Å². The summed E-state index contributed by atoms with van der Waals surface area (Å²) in [6.07, 6.45) is 1.78. The molecule has 0 saturated heterocycles. The number of nitrogens with two attached hydrogens (primary N) is 1. The van der Waals surface area contributed by atoms with Crippen LogP contribution >= 0.6 is 0 Å². The predicted molar refractivity (Wildman–Crippen MR) is 101 cm³/mol. The topological polar surface area (TPSA) is 102 Å². The number of nitrogens with one attached hydrogen (secondary N) is 1. The van der Waals surface area contributed by atoms with Crippen molar-refractivity contribution in [2.45, 2.75) is 38.1 Å². The summed E-state index contributed by atoms with van der Waals surface area (Å²) in [5, 5.41) is 13.8. The molecule has 0 aliphatic rings. The van der Waals surface area contributed by atoms with E-state index in [0.29, 0.717) is 25.8 Å². The van der Waals surface area contributed by atoms with Crippen molar-refractivity contribution in [1.29, 1.82) is 0 Å². The Bertz CT molecular complexity index is 775. The number of hydrogen-bond donors (Lipinski definition) is 3. The van der Waals surface area contributed by atoms with E-state index in [4.69, 9.17) is 15.6 Å². The van der Waals surface area contributed by atoms with Crippen molar-refractivity contribution in [1.82, 2.24) is 5.32 Å². The molecule has 0 aliphatic carbocycles. The number of fused-ring (bicyclic) bond motifs is 1. The summed E-state index contributed by atoms with van der Waals surface area (Å²) in [6.45, 7) is 2.39. The van der Waals surface area contributed by atoms with E-state index in [1.807, 2.05) is 43.3 Å². The van der Waals surface area contributed by atoms with Gasteiger partial charge < -0.3 is 20.9 Å². The molecule has 4 N–H and O–H groups in total. The maximum atomic E-state index is 12.3. The first-order valence-electron chi connectivity index (χ1n) is 8.76. The number of amides is 1. The number of unbranched alkanes of at least 4 members (excludes halogenated alkanes) is 1. The minimum Gasteiger partial charge on any atom is -0.497 e. The first kappa shape index (κ1) is 19.7. The van der Waals surface area contributed by atoms with Crippen LogP contribution in [0, 0.1) is 0 Å². The largest absolute Gasteiger partial charge is 0.497 e. The van der Waals surface area contributed by atoms with E-state index in [2.05, 4.69) is 5.32 Å². The second-order valence-electron chi connectivity index (χ2n) is 6.43. The van der Waals surface area contributed by atoms with Crippen LogP contribution in [0.15, 0.2) is 36.4 Å². The minimum atomic E-state index is -0.989. The fourth-order valence-electron chi connectivity index (χ4n) is 2.77. The Kier molecular flexibility index (Phi) is 6.97. The highest BCUT2D eigenvalue weighted by molar-refractivity contribution is 5.88. The third-order valence-electron chi connectivity index (χ3n) is 4.52. The van der Waals surface area contributed by atoms with Crippen LogP contribution in [-0.4, -0.2) is 36.7 Å². The highest BCUT2D eigenvalue weighted by Crippen LogP contribution is 2.25. The van der Waals surface area contributed by atoms with Crippen LogP contribution in [0.5, 0.6) is 5.75 Å². The normalized spacial score (nSPS) is 13.2. The molecule has 2 aromatic rings. The second kappa shape index (κ2) is 9.20. The number of ether oxygens (including phenoxy) is 1. The van der Waals surface area contributed by atoms with Crippen LogP contribution in [-0.2, 0) is 9.59 Å². The molecular formula is C20H26N2O4. The van der Waals surface area contributed by atoms with E-state index < -0.39 is 12.0 Å². The van der Waals surface area contributed by atoms with E-state index >= 15 is 0 Å². The van der Waals surface area contributed by atoms with Crippen molar-refractivity contribution < 1.29 is 19.4 Å². The maximum Gasteiger partial charge on any atom is 0.320 e. The summed E-state index contributed by atoms with van der Waals surface area (Å²) in [6, 6.07) is 11.0. The Hall–Kier alpha value is -2.60.